The molecule has 0 unspecified atom stereocenters. The van der Waals surface area contributed by atoms with Gasteiger partial charge in [0.15, 0.2) is 0 Å². The molecule has 1 aromatic heterocycles. The summed E-state index contributed by atoms with van der Waals surface area (Å²) in [6.07, 6.45) is 2.41. The zero-order valence-electron chi connectivity index (χ0n) is 16.3. The van der Waals surface area contributed by atoms with Gasteiger partial charge in [-0.15, -0.1) is 0 Å². The fraction of sp³-hybridized carbons (Fsp3) is 0.238. The van der Waals surface area contributed by atoms with Crippen molar-refractivity contribution in [1.82, 2.24) is 15.1 Å². The third-order valence-corrected chi connectivity index (χ3v) is 4.12. The Bertz CT molecular complexity index is 931. The molecule has 0 aliphatic rings. The van der Waals surface area contributed by atoms with Crippen molar-refractivity contribution < 1.29 is 18.7 Å². The predicted octanol–water partition coefficient (Wildman–Crippen LogP) is 3.90. The molecule has 0 fully saturated rings. The van der Waals surface area contributed by atoms with Crippen LogP contribution in [0.3, 0.4) is 0 Å². The van der Waals surface area contributed by atoms with Crippen molar-refractivity contribution in [3.8, 4) is 16.9 Å². The molecule has 0 radical (unpaired) electrons. The second kappa shape index (κ2) is 9.70. The lowest BCUT2D eigenvalue weighted by molar-refractivity contribution is 0.155. The molecule has 0 aliphatic carbocycles. The zero-order chi connectivity index (χ0) is 20.6. The summed E-state index contributed by atoms with van der Waals surface area (Å²) in [5.74, 6) is -0.161. The summed E-state index contributed by atoms with van der Waals surface area (Å²) in [6.45, 7) is 1.15. The summed E-state index contributed by atoms with van der Waals surface area (Å²) in [7, 11) is 3.84. The molecule has 29 heavy (non-hydrogen) atoms. The summed E-state index contributed by atoms with van der Waals surface area (Å²) >= 11 is 0. The van der Waals surface area contributed by atoms with E-state index >= 15 is 0 Å². The average Bonchev–Trinajstić information content (AvgIpc) is 3.23. The summed E-state index contributed by atoms with van der Waals surface area (Å²) < 4.78 is 25.7. The van der Waals surface area contributed by atoms with Crippen molar-refractivity contribution in [3.63, 3.8) is 0 Å². The van der Waals surface area contributed by atoms with Crippen molar-refractivity contribution in [2.75, 3.05) is 32.6 Å². The normalized spacial score (nSPS) is 10.8. The zero-order valence-corrected chi connectivity index (χ0v) is 16.3. The Balaban J connectivity index is 1.76. The molecule has 2 N–H and O–H groups in total. The number of carbonyl (C=O) groups excluding carboxylic acids is 1. The third kappa shape index (κ3) is 5.79. The first-order valence-corrected chi connectivity index (χ1v) is 9.11. The summed E-state index contributed by atoms with van der Waals surface area (Å²) in [6, 6.07) is 12.1. The van der Waals surface area contributed by atoms with E-state index < -0.39 is 11.9 Å². The molecule has 3 aromatic rings. The lowest BCUT2D eigenvalue weighted by Crippen LogP contribution is -2.20. The van der Waals surface area contributed by atoms with Gasteiger partial charge in [0.1, 0.15) is 24.8 Å². The largest absolute Gasteiger partial charge is 0.490 e. The van der Waals surface area contributed by atoms with Crippen LogP contribution >= 0.6 is 0 Å². The van der Waals surface area contributed by atoms with Crippen LogP contribution in [0, 0.1) is 5.82 Å². The highest BCUT2D eigenvalue weighted by Crippen LogP contribution is 2.33. The Kier molecular flexibility index (Phi) is 6.80. The summed E-state index contributed by atoms with van der Waals surface area (Å²) in [5.41, 5.74) is 1.96. The molecule has 0 bridgehead atoms. The molecule has 8 heteroatoms. The van der Waals surface area contributed by atoms with Gasteiger partial charge in [0.05, 0.1) is 11.9 Å². The maximum atomic E-state index is 14.6. The maximum absolute atomic E-state index is 14.6. The van der Waals surface area contributed by atoms with E-state index in [0.717, 1.165) is 5.56 Å². The SMILES string of the molecule is CN(C)CCOc1cc(-c2cn[nH]c2)c(F)cc1NC(=O)OCc1ccccc1. The molecular formula is C21H23FN4O3. The molecule has 152 valence electrons. The van der Waals surface area contributed by atoms with Gasteiger partial charge in [-0.1, -0.05) is 30.3 Å². The molecule has 0 atom stereocenters. The number of likely N-dealkylation sites (N-methyl/N-ethyl adjacent to an activating group) is 1. The van der Waals surface area contributed by atoms with E-state index in [1.807, 2.05) is 49.3 Å². The Morgan fingerprint density at radius 3 is 2.72 bits per heavy atom. The van der Waals surface area contributed by atoms with E-state index in [1.165, 1.54) is 12.3 Å². The first kappa shape index (κ1) is 20.3. The van der Waals surface area contributed by atoms with Crippen LogP contribution in [0.2, 0.25) is 0 Å². The molecule has 7 nitrogen and oxygen atoms in total. The minimum atomic E-state index is -0.693. The van der Waals surface area contributed by atoms with Crippen LogP contribution in [-0.4, -0.2) is 48.4 Å². The number of carbonyl (C=O) groups is 1. The number of ether oxygens (including phenoxy) is 2. The van der Waals surface area contributed by atoms with E-state index in [-0.39, 0.29) is 12.3 Å². The molecule has 2 aromatic carbocycles. The topological polar surface area (TPSA) is 79.5 Å². The number of hydrogen-bond donors (Lipinski definition) is 2. The highest BCUT2D eigenvalue weighted by Gasteiger charge is 2.16. The number of rotatable bonds is 8. The van der Waals surface area contributed by atoms with Gasteiger partial charge in [0.25, 0.3) is 0 Å². The van der Waals surface area contributed by atoms with Gasteiger partial charge < -0.3 is 14.4 Å². The Morgan fingerprint density at radius 2 is 2.03 bits per heavy atom. The van der Waals surface area contributed by atoms with Crippen molar-refractivity contribution in [2.24, 2.45) is 0 Å². The first-order valence-electron chi connectivity index (χ1n) is 9.11. The summed E-state index contributed by atoms with van der Waals surface area (Å²) in [4.78, 5) is 14.2. The number of hydrogen-bond acceptors (Lipinski definition) is 5. The highest BCUT2D eigenvalue weighted by atomic mass is 19.1. The van der Waals surface area contributed by atoms with Crippen LogP contribution in [0.4, 0.5) is 14.9 Å². The number of nitrogens with one attached hydrogen (secondary N) is 2. The fourth-order valence-electron chi connectivity index (χ4n) is 2.60. The van der Waals surface area contributed by atoms with E-state index in [0.29, 0.717) is 30.0 Å². The van der Waals surface area contributed by atoms with Crippen LogP contribution < -0.4 is 10.1 Å². The number of benzene rings is 2. The Morgan fingerprint density at radius 1 is 1.24 bits per heavy atom. The standard InChI is InChI=1S/C21H23FN4O3/c1-26(2)8-9-28-20-10-17(16-12-23-24-13-16)18(22)11-19(20)25-21(27)29-14-15-6-4-3-5-7-15/h3-7,10-13H,8-9,14H2,1-2H3,(H,23,24)(H,25,27). The van der Waals surface area contributed by atoms with E-state index in [2.05, 4.69) is 15.5 Å². The van der Waals surface area contributed by atoms with E-state index in [9.17, 15) is 9.18 Å². The van der Waals surface area contributed by atoms with Crippen molar-refractivity contribution in [3.05, 3.63) is 66.2 Å². The molecule has 0 spiro atoms. The van der Waals surface area contributed by atoms with Crippen LogP contribution in [0.1, 0.15) is 5.56 Å². The number of halogens is 1. The molecule has 1 heterocycles. The fourth-order valence-corrected chi connectivity index (χ4v) is 2.60. The molecule has 3 rings (SSSR count). The lowest BCUT2D eigenvalue weighted by atomic mass is 10.1. The van der Waals surface area contributed by atoms with Crippen LogP contribution in [0.25, 0.3) is 11.1 Å². The third-order valence-electron chi connectivity index (χ3n) is 4.12. The van der Waals surface area contributed by atoms with Gasteiger partial charge in [-0.3, -0.25) is 10.4 Å². The second-order valence-corrected chi connectivity index (χ2v) is 6.65. The smallest absolute Gasteiger partial charge is 0.412 e. The minimum absolute atomic E-state index is 0.110. The highest BCUT2D eigenvalue weighted by molar-refractivity contribution is 5.87. The average molecular weight is 398 g/mol. The summed E-state index contributed by atoms with van der Waals surface area (Å²) in [5, 5.41) is 9.08. The quantitative estimate of drug-likeness (QED) is 0.602. The lowest BCUT2D eigenvalue weighted by Gasteiger charge is -2.16. The Hall–Kier alpha value is -3.39. The van der Waals surface area contributed by atoms with E-state index in [1.54, 1.807) is 12.3 Å². The monoisotopic (exact) mass is 398 g/mol. The number of aromatic nitrogens is 2. The van der Waals surface area contributed by atoms with Crippen molar-refractivity contribution in [1.29, 1.82) is 0 Å². The van der Waals surface area contributed by atoms with Crippen molar-refractivity contribution in [2.45, 2.75) is 6.61 Å². The number of nitrogens with zero attached hydrogens (tertiary/aromatic N) is 2. The number of H-pyrrole nitrogens is 1. The second-order valence-electron chi connectivity index (χ2n) is 6.65. The Labute approximate surface area is 168 Å². The first-order chi connectivity index (χ1) is 14.0. The molecule has 0 aliphatic heterocycles. The maximum Gasteiger partial charge on any atom is 0.412 e. The molecule has 0 saturated carbocycles. The van der Waals surface area contributed by atoms with Crippen molar-refractivity contribution >= 4 is 11.8 Å². The van der Waals surface area contributed by atoms with Gasteiger partial charge in [-0.05, 0) is 25.7 Å². The van der Waals surface area contributed by atoms with E-state index in [4.69, 9.17) is 9.47 Å². The van der Waals surface area contributed by atoms with Crippen LogP contribution in [0.15, 0.2) is 54.9 Å². The number of aromatic amines is 1. The molecular weight excluding hydrogens is 375 g/mol. The molecule has 0 saturated heterocycles. The van der Waals surface area contributed by atoms with Gasteiger partial charge >= 0.3 is 6.09 Å². The predicted molar refractivity (Wildman–Crippen MR) is 108 cm³/mol. The number of amides is 1. The minimum Gasteiger partial charge on any atom is -0.490 e. The van der Waals surface area contributed by atoms with Gasteiger partial charge in [0, 0.05) is 29.9 Å². The van der Waals surface area contributed by atoms with Gasteiger partial charge in [-0.2, -0.15) is 5.10 Å². The molecule has 1 amide bonds. The number of anilines is 1. The van der Waals surface area contributed by atoms with Crippen LogP contribution in [0.5, 0.6) is 5.75 Å². The van der Waals surface area contributed by atoms with Gasteiger partial charge in [-0.25, -0.2) is 9.18 Å². The van der Waals surface area contributed by atoms with Crippen LogP contribution in [-0.2, 0) is 11.3 Å². The van der Waals surface area contributed by atoms with Gasteiger partial charge in [0.2, 0.25) is 0 Å².